The highest BCUT2D eigenvalue weighted by Crippen LogP contribution is 2.28. The molecule has 2 aliphatic heterocycles. The van der Waals surface area contributed by atoms with Crippen LogP contribution in [0.4, 0.5) is 21.0 Å². The Morgan fingerprint density at radius 2 is 1.02 bits per heavy atom. The fourth-order valence-electron chi connectivity index (χ4n) is 7.38. The molecule has 4 unspecified atom stereocenters. The first kappa shape index (κ1) is 46.5. The lowest BCUT2D eigenvalue weighted by Crippen LogP contribution is -2.57. The molecular formula is C43H63N7O9. The maximum Gasteiger partial charge on any atom is 0.407 e. The zero-order valence-electron chi connectivity index (χ0n) is 36.0. The Morgan fingerprint density at radius 3 is 1.34 bits per heavy atom. The van der Waals surface area contributed by atoms with Gasteiger partial charge in [0.1, 0.15) is 24.2 Å². The molecule has 4 rings (SSSR count). The van der Waals surface area contributed by atoms with Crippen molar-refractivity contribution in [1.82, 2.24) is 25.3 Å². The van der Waals surface area contributed by atoms with Crippen molar-refractivity contribution in [1.29, 1.82) is 0 Å². The van der Waals surface area contributed by atoms with E-state index in [0.717, 1.165) is 11.1 Å². The summed E-state index contributed by atoms with van der Waals surface area (Å²) in [5.41, 5.74) is 2.06. The Balaban J connectivity index is 1.35. The van der Waals surface area contributed by atoms with Gasteiger partial charge in [-0.2, -0.15) is 0 Å². The van der Waals surface area contributed by atoms with Crippen molar-refractivity contribution in [2.45, 2.75) is 104 Å². The van der Waals surface area contributed by atoms with Crippen molar-refractivity contribution in [2.24, 2.45) is 10.8 Å². The van der Waals surface area contributed by atoms with Crippen molar-refractivity contribution in [3.05, 3.63) is 59.7 Å². The van der Waals surface area contributed by atoms with E-state index in [9.17, 15) is 28.8 Å². The molecule has 59 heavy (non-hydrogen) atoms. The van der Waals surface area contributed by atoms with E-state index in [1.54, 1.807) is 16.9 Å². The van der Waals surface area contributed by atoms with Gasteiger partial charge < -0.3 is 45.3 Å². The number of nitrogens with zero attached hydrogens (tertiary/aromatic N) is 3. The number of methoxy groups -OCH3 is 3. The molecule has 324 valence electrons. The lowest BCUT2D eigenvalue weighted by Gasteiger charge is -2.35. The highest BCUT2D eigenvalue weighted by atomic mass is 16.5. The van der Waals surface area contributed by atoms with Gasteiger partial charge in [-0.05, 0) is 71.9 Å². The van der Waals surface area contributed by atoms with E-state index >= 15 is 0 Å². The second kappa shape index (κ2) is 20.7. The molecule has 16 heteroatoms. The molecule has 0 radical (unpaired) electrons. The van der Waals surface area contributed by atoms with E-state index in [1.165, 1.54) is 14.2 Å². The summed E-state index contributed by atoms with van der Waals surface area (Å²) in [4.78, 5) is 83.5. The third-order valence-corrected chi connectivity index (χ3v) is 10.7. The largest absolute Gasteiger partial charge is 0.453 e. The zero-order chi connectivity index (χ0) is 43.5. The molecule has 2 fully saturated rings. The van der Waals surface area contributed by atoms with Gasteiger partial charge in [-0.15, -0.1) is 0 Å². The van der Waals surface area contributed by atoms with E-state index in [0.29, 0.717) is 76.4 Å². The number of nitrogens with one attached hydrogen (secondary N) is 4. The fraction of sp³-hybridized carbons (Fsp3) is 0.581. The van der Waals surface area contributed by atoms with Crippen molar-refractivity contribution < 1.29 is 43.0 Å². The Labute approximate surface area is 348 Å². The normalized spacial score (nSPS) is 17.9. The summed E-state index contributed by atoms with van der Waals surface area (Å²) < 4.78 is 14.9. The minimum atomic E-state index is -0.860. The van der Waals surface area contributed by atoms with Crippen LogP contribution >= 0.6 is 0 Å². The lowest BCUT2D eigenvalue weighted by molar-refractivity contribution is -0.140. The smallest absolute Gasteiger partial charge is 0.407 e. The van der Waals surface area contributed by atoms with Gasteiger partial charge in [-0.25, -0.2) is 9.59 Å². The summed E-state index contributed by atoms with van der Waals surface area (Å²) in [5, 5.41) is 11.2. The molecule has 0 spiro atoms. The van der Waals surface area contributed by atoms with Crippen molar-refractivity contribution in [2.75, 3.05) is 58.2 Å². The molecule has 0 aromatic heterocycles. The van der Waals surface area contributed by atoms with E-state index in [-0.39, 0.29) is 23.6 Å². The summed E-state index contributed by atoms with van der Waals surface area (Å²) >= 11 is 0. The molecule has 2 aliphatic rings. The van der Waals surface area contributed by atoms with Crippen molar-refractivity contribution >= 4 is 47.2 Å². The first-order chi connectivity index (χ1) is 27.9. The second-order valence-electron chi connectivity index (χ2n) is 17.3. The van der Waals surface area contributed by atoms with Gasteiger partial charge in [0, 0.05) is 51.2 Å². The Bertz CT molecular complexity index is 1650. The van der Waals surface area contributed by atoms with Crippen LogP contribution in [0.25, 0.3) is 0 Å². The highest BCUT2D eigenvalue weighted by Gasteiger charge is 2.43. The van der Waals surface area contributed by atoms with E-state index < -0.39 is 47.2 Å². The van der Waals surface area contributed by atoms with Crippen LogP contribution in [0.3, 0.4) is 0 Å². The third kappa shape index (κ3) is 12.9. The maximum atomic E-state index is 13.6. The van der Waals surface area contributed by atoms with Gasteiger partial charge in [0.25, 0.3) is 0 Å². The van der Waals surface area contributed by atoms with Crippen LogP contribution in [-0.2, 0) is 46.5 Å². The maximum absolute atomic E-state index is 13.6. The van der Waals surface area contributed by atoms with Crippen LogP contribution < -0.4 is 21.3 Å². The molecule has 0 aliphatic carbocycles. The van der Waals surface area contributed by atoms with Crippen LogP contribution in [0.5, 0.6) is 0 Å². The van der Waals surface area contributed by atoms with Crippen LogP contribution in [0.2, 0.25) is 0 Å². The monoisotopic (exact) mass is 821 g/mol. The summed E-state index contributed by atoms with van der Waals surface area (Å²) in [5.74, 6) is -1.21. The molecule has 2 heterocycles. The zero-order valence-corrected chi connectivity index (χ0v) is 36.0. The number of alkyl carbamates (subject to hydrolysis) is 2. The number of ether oxygens (including phenoxy) is 3. The van der Waals surface area contributed by atoms with Crippen molar-refractivity contribution in [3.63, 3.8) is 0 Å². The molecule has 0 bridgehead atoms. The van der Waals surface area contributed by atoms with E-state index in [1.807, 2.05) is 90.1 Å². The van der Waals surface area contributed by atoms with Gasteiger partial charge in [-0.3, -0.25) is 24.1 Å². The van der Waals surface area contributed by atoms with Gasteiger partial charge in [0.05, 0.1) is 20.8 Å². The average molecular weight is 822 g/mol. The average Bonchev–Trinajstić information content (AvgIpc) is 3.89. The molecule has 6 amide bonds. The number of hydrogen-bond acceptors (Lipinski definition) is 10. The number of rotatable bonds is 15. The number of hydrogen-bond donors (Lipinski definition) is 4. The van der Waals surface area contributed by atoms with E-state index in [4.69, 9.17) is 14.2 Å². The number of benzene rings is 2. The topological polar surface area (TPSA) is 188 Å². The van der Waals surface area contributed by atoms with Crippen LogP contribution in [0, 0.1) is 10.8 Å². The number of likely N-dealkylation sites (tertiary alicyclic amines) is 2. The summed E-state index contributed by atoms with van der Waals surface area (Å²) in [7, 11) is 4.14. The minimum absolute atomic E-state index is 0.285. The highest BCUT2D eigenvalue weighted by molar-refractivity contribution is 5.99. The molecule has 2 aromatic rings. The predicted octanol–water partition coefficient (Wildman–Crippen LogP) is 4.74. The quantitative estimate of drug-likeness (QED) is 0.196. The fourth-order valence-corrected chi connectivity index (χ4v) is 7.38. The Hall–Kier alpha value is -5.22. The van der Waals surface area contributed by atoms with Crippen LogP contribution in [0.1, 0.15) is 78.4 Å². The molecule has 2 aromatic carbocycles. The van der Waals surface area contributed by atoms with Gasteiger partial charge in [0.15, 0.2) is 0 Å². The molecule has 0 saturated carbocycles. The van der Waals surface area contributed by atoms with Crippen LogP contribution in [0.15, 0.2) is 48.5 Å². The van der Waals surface area contributed by atoms with Gasteiger partial charge in [-0.1, -0.05) is 65.8 Å². The molecule has 4 atom stereocenters. The molecule has 2 saturated heterocycles. The lowest BCUT2D eigenvalue weighted by atomic mass is 9.85. The van der Waals surface area contributed by atoms with Gasteiger partial charge in [0.2, 0.25) is 23.6 Å². The molecule has 16 nitrogen and oxygen atoms in total. The summed E-state index contributed by atoms with van der Waals surface area (Å²) in [6.45, 7) is 14.3. The second-order valence-corrected chi connectivity index (χ2v) is 17.3. The molecule has 4 N–H and O–H groups in total. The number of amides is 6. The standard InChI is InChI=1S/C43H63N7O9/c1-42(2,3)34(46-40(55)58-8)38(53)49-22-10-12-32(49)36(51)44-30-18-14-28(15-19-30)26-48(24-25-57-7)27-29-16-20-31(21-17-29)45-37(52)33-13-11-23-50(33)39(54)35(43(4,5)6)47-41(56)59-9/h14-21,32-35H,10-13,22-27H2,1-9H3,(H,44,51)(H,45,52)(H,46,55)(H,47,56). The molecular weight excluding hydrogens is 759 g/mol. The SMILES string of the molecule is COCCN(Cc1ccc(NC(=O)C2CCCN2C(=O)C(NC(=O)OC)C(C)(C)C)cc1)Cc1ccc(NC(=O)C2CCCN2C(=O)C(NC(=O)OC)C(C)(C)C)cc1. The first-order valence-electron chi connectivity index (χ1n) is 20.2. The number of carbonyl (C=O) groups excluding carboxylic acids is 6. The van der Waals surface area contributed by atoms with Gasteiger partial charge >= 0.3 is 12.2 Å². The Morgan fingerprint density at radius 1 is 0.644 bits per heavy atom. The number of anilines is 2. The first-order valence-corrected chi connectivity index (χ1v) is 20.2. The summed E-state index contributed by atoms with van der Waals surface area (Å²) in [6.07, 6.45) is 0.968. The van der Waals surface area contributed by atoms with Crippen molar-refractivity contribution in [3.8, 4) is 0 Å². The van der Waals surface area contributed by atoms with E-state index in [2.05, 4.69) is 26.2 Å². The summed E-state index contributed by atoms with van der Waals surface area (Å²) in [6, 6.07) is 12.1. The minimum Gasteiger partial charge on any atom is -0.453 e. The third-order valence-electron chi connectivity index (χ3n) is 10.7. The Kier molecular flexibility index (Phi) is 16.3. The van der Waals surface area contributed by atoms with Crippen LogP contribution in [-0.4, -0.2) is 122 Å². The number of carbonyl (C=O) groups is 6. The predicted molar refractivity (Wildman–Crippen MR) is 223 cm³/mol.